The highest BCUT2D eigenvalue weighted by Gasteiger charge is 2.44. The summed E-state index contributed by atoms with van der Waals surface area (Å²) < 4.78 is 6.09. The zero-order valence-electron chi connectivity index (χ0n) is 12.0. The molecule has 2 aliphatic heterocycles. The summed E-state index contributed by atoms with van der Waals surface area (Å²) >= 11 is 0. The summed E-state index contributed by atoms with van der Waals surface area (Å²) in [6.07, 6.45) is 6.03. The Kier molecular flexibility index (Phi) is 3.74. The molecule has 4 nitrogen and oxygen atoms in total. The number of hydrogen-bond acceptors (Lipinski definition) is 3. The van der Waals surface area contributed by atoms with Gasteiger partial charge >= 0.3 is 0 Å². The molecule has 0 aliphatic carbocycles. The molecule has 108 valence electrons. The van der Waals surface area contributed by atoms with E-state index in [1.54, 1.807) is 12.3 Å². The minimum absolute atomic E-state index is 0.0354. The molecule has 4 heteroatoms. The van der Waals surface area contributed by atoms with Gasteiger partial charge in [0.05, 0.1) is 18.8 Å². The molecule has 2 aliphatic rings. The molecule has 2 saturated heterocycles. The molecule has 3 heterocycles. The maximum absolute atomic E-state index is 12.5. The number of amides is 1. The van der Waals surface area contributed by atoms with Crippen molar-refractivity contribution in [2.45, 2.75) is 38.2 Å². The molecule has 0 bridgehead atoms. The standard InChI is InChI=1S/C16H22N2O2/c1-2-13-10-16(20-11-13)7-5-9-18(12-16)15(19)14-6-3-4-8-17-14/h3-4,6,8,13H,2,5,7,9-12H2,1H3/t13-,16-/m0/s1. The Hall–Kier alpha value is -1.42. The SMILES string of the molecule is CC[C@@H]1CO[C@@]2(CCCN(C(=O)c3ccccn3)C2)C1. The van der Waals surface area contributed by atoms with E-state index in [1.165, 1.54) is 0 Å². The molecule has 20 heavy (non-hydrogen) atoms. The van der Waals surface area contributed by atoms with Crippen LogP contribution in [0.5, 0.6) is 0 Å². The molecule has 2 fully saturated rings. The van der Waals surface area contributed by atoms with Gasteiger partial charge in [-0.1, -0.05) is 19.4 Å². The minimum Gasteiger partial charge on any atom is -0.373 e. The maximum Gasteiger partial charge on any atom is 0.272 e. The number of piperidine rings is 1. The average Bonchev–Trinajstić information content (AvgIpc) is 2.90. The van der Waals surface area contributed by atoms with Crippen LogP contribution in [-0.4, -0.2) is 41.1 Å². The lowest BCUT2D eigenvalue weighted by molar-refractivity contribution is -0.0450. The lowest BCUT2D eigenvalue weighted by Crippen LogP contribution is -2.50. The van der Waals surface area contributed by atoms with Crippen molar-refractivity contribution in [3.63, 3.8) is 0 Å². The number of hydrogen-bond donors (Lipinski definition) is 0. The first-order chi connectivity index (χ1) is 9.72. The fourth-order valence-corrected chi connectivity index (χ4v) is 3.41. The summed E-state index contributed by atoms with van der Waals surface area (Å²) in [6.45, 7) is 4.60. The Morgan fingerprint density at radius 2 is 2.45 bits per heavy atom. The highest BCUT2D eigenvalue weighted by molar-refractivity contribution is 5.92. The van der Waals surface area contributed by atoms with E-state index in [9.17, 15) is 4.79 Å². The van der Waals surface area contributed by atoms with Crippen LogP contribution < -0.4 is 0 Å². The first-order valence-corrected chi connectivity index (χ1v) is 7.57. The Balaban J connectivity index is 1.71. The van der Waals surface area contributed by atoms with E-state index in [-0.39, 0.29) is 11.5 Å². The third-order valence-electron chi connectivity index (χ3n) is 4.57. The summed E-state index contributed by atoms with van der Waals surface area (Å²) in [4.78, 5) is 18.6. The van der Waals surface area contributed by atoms with Gasteiger partial charge in [-0.15, -0.1) is 0 Å². The zero-order chi connectivity index (χ0) is 14.0. The second kappa shape index (κ2) is 5.52. The molecule has 0 aromatic carbocycles. The van der Waals surface area contributed by atoms with Crippen LogP contribution >= 0.6 is 0 Å². The number of nitrogens with zero attached hydrogens (tertiary/aromatic N) is 2. The number of rotatable bonds is 2. The van der Waals surface area contributed by atoms with E-state index >= 15 is 0 Å². The molecule has 2 atom stereocenters. The largest absolute Gasteiger partial charge is 0.373 e. The van der Waals surface area contributed by atoms with Gasteiger partial charge in [-0.05, 0) is 37.3 Å². The van der Waals surface area contributed by atoms with Crippen LogP contribution in [0.15, 0.2) is 24.4 Å². The van der Waals surface area contributed by atoms with E-state index in [0.29, 0.717) is 11.6 Å². The molecule has 0 N–H and O–H groups in total. The van der Waals surface area contributed by atoms with E-state index in [1.807, 2.05) is 17.0 Å². The lowest BCUT2D eigenvalue weighted by Gasteiger charge is -2.39. The molecule has 1 aromatic heterocycles. The summed E-state index contributed by atoms with van der Waals surface area (Å²) in [7, 11) is 0. The normalized spacial score (nSPS) is 29.9. The van der Waals surface area contributed by atoms with Gasteiger partial charge < -0.3 is 9.64 Å². The molecule has 1 amide bonds. The summed E-state index contributed by atoms with van der Waals surface area (Å²) in [5.74, 6) is 0.688. The van der Waals surface area contributed by atoms with Gasteiger partial charge in [0, 0.05) is 12.7 Å². The van der Waals surface area contributed by atoms with Gasteiger partial charge in [-0.2, -0.15) is 0 Å². The first-order valence-electron chi connectivity index (χ1n) is 7.57. The number of ether oxygens (including phenoxy) is 1. The monoisotopic (exact) mass is 274 g/mol. The Morgan fingerprint density at radius 1 is 1.55 bits per heavy atom. The highest BCUT2D eigenvalue weighted by atomic mass is 16.5. The van der Waals surface area contributed by atoms with Gasteiger partial charge in [-0.3, -0.25) is 9.78 Å². The highest BCUT2D eigenvalue weighted by Crippen LogP contribution is 2.38. The number of aromatic nitrogens is 1. The first kappa shape index (κ1) is 13.6. The predicted octanol–water partition coefficient (Wildman–Crippen LogP) is 2.50. The fraction of sp³-hybridized carbons (Fsp3) is 0.625. The van der Waals surface area contributed by atoms with Gasteiger partial charge in [0.1, 0.15) is 5.69 Å². The Labute approximate surface area is 120 Å². The molecule has 0 radical (unpaired) electrons. The van der Waals surface area contributed by atoms with Crippen LogP contribution in [0.2, 0.25) is 0 Å². The summed E-state index contributed by atoms with van der Waals surface area (Å²) in [5, 5.41) is 0. The number of likely N-dealkylation sites (tertiary alicyclic amines) is 1. The van der Waals surface area contributed by atoms with Crippen LogP contribution in [0.3, 0.4) is 0 Å². The molecule has 0 unspecified atom stereocenters. The van der Waals surface area contributed by atoms with Crippen molar-refractivity contribution in [1.82, 2.24) is 9.88 Å². The molecular formula is C16H22N2O2. The van der Waals surface area contributed by atoms with Crippen LogP contribution in [-0.2, 0) is 4.74 Å². The van der Waals surface area contributed by atoms with E-state index < -0.39 is 0 Å². The lowest BCUT2D eigenvalue weighted by atomic mass is 9.86. The second-order valence-electron chi connectivity index (χ2n) is 6.02. The van der Waals surface area contributed by atoms with Crippen molar-refractivity contribution in [1.29, 1.82) is 0 Å². The van der Waals surface area contributed by atoms with Crippen LogP contribution in [0.4, 0.5) is 0 Å². The summed E-state index contributed by atoms with van der Waals surface area (Å²) in [6, 6.07) is 5.48. The molecular weight excluding hydrogens is 252 g/mol. The second-order valence-corrected chi connectivity index (χ2v) is 6.02. The number of pyridine rings is 1. The number of carbonyl (C=O) groups is 1. The topological polar surface area (TPSA) is 42.4 Å². The third kappa shape index (κ3) is 2.57. The van der Waals surface area contributed by atoms with Gasteiger partial charge in [0.15, 0.2) is 0 Å². The molecule has 0 saturated carbocycles. The number of carbonyl (C=O) groups excluding carboxylic acids is 1. The van der Waals surface area contributed by atoms with Crippen molar-refractivity contribution in [2.24, 2.45) is 5.92 Å². The minimum atomic E-state index is -0.0939. The van der Waals surface area contributed by atoms with E-state index in [2.05, 4.69) is 11.9 Å². The Morgan fingerprint density at radius 3 is 3.15 bits per heavy atom. The maximum atomic E-state index is 12.5. The quantitative estimate of drug-likeness (QED) is 0.832. The third-order valence-corrected chi connectivity index (χ3v) is 4.57. The van der Waals surface area contributed by atoms with Crippen molar-refractivity contribution in [3.05, 3.63) is 30.1 Å². The van der Waals surface area contributed by atoms with Crippen molar-refractivity contribution < 1.29 is 9.53 Å². The van der Waals surface area contributed by atoms with Crippen LogP contribution in [0.25, 0.3) is 0 Å². The fourth-order valence-electron chi connectivity index (χ4n) is 3.41. The molecule has 3 rings (SSSR count). The predicted molar refractivity (Wildman–Crippen MR) is 76.5 cm³/mol. The van der Waals surface area contributed by atoms with E-state index in [4.69, 9.17) is 4.74 Å². The van der Waals surface area contributed by atoms with Crippen molar-refractivity contribution in [2.75, 3.05) is 19.7 Å². The Bertz CT molecular complexity index is 477. The zero-order valence-corrected chi connectivity index (χ0v) is 12.0. The van der Waals surface area contributed by atoms with Gasteiger partial charge in [-0.25, -0.2) is 0 Å². The van der Waals surface area contributed by atoms with Crippen LogP contribution in [0.1, 0.15) is 43.1 Å². The van der Waals surface area contributed by atoms with Crippen LogP contribution in [0, 0.1) is 5.92 Å². The molecule has 1 aromatic rings. The van der Waals surface area contributed by atoms with E-state index in [0.717, 1.165) is 45.4 Å². The summed E-state index contributed by atoms with van der Waals surface area (Å²) in [5.41, 5.74) is 0.443. The van der Waals surface area contributed by atoms with Crippen molar-refractivity contribution >= 4 is 5.91 Å². The average molecular weight is 274 g/mol. The van der Waals surface area contributed by atoms with Gasteiger partial charge in [0.25, 0.3) is 5.91 Å². The van der Waals surface area contributed by atoms with Gasteiger partial charge in [0.2, 0.25) is 0 Å². The molecule has 1 spiro atoms. The smallest absolute Gasteiger partial charge is 0.272 e. The van der Waals surface area contributed by atoms with Crippen molar-refractivity contribution in [3.8, 4) is 0 Å².